The number of hydrogen-bond acceptors (Lipinski definition) is 3. The lowest BCUT2D eigenvalue weighted by atomic mass is 10.0. The summed E-state index contributed by atoms with van der Waals surface area (Å²) >= 11 is 3.59. The second-order valence-electron chi connectivity index (χ2n) is 9.10. The first kappa shape index (κ1) is 26.0. The molecule has 2 amide bonds. The molecule has 3 aromatic rings. The number of halogens is 1. The van der Waals surface area contributed by atoms with E-state index in [1.54, 1.807) is 0 Å². The van der Waals surface area contributed by atoms with Gasteiger partial charge in [0.2, 0.25) is 5.91 Å². The second kappa shape index (κ2) is 12.7. The fourth-order valence-corrected chi connectivity index (χ4v) is 5.10. The van der Waals surface area contributed by atoms with E-state index < -0.39 is 0 Å². The minimum atomic E-state index is -0.160. The fourth-order valence-electron chi connectivity index (χ4n) is 4.68. The van der Waals surface area contributed by atoms with E-state index >= 15 is 0 Å². The van der Waals surface area contributed by atoms with Gasteiger partial charge in [0.1, 0.15) is 12.4 Å². The van der Waals surface area contributed by atoms with E-state index in [1.807, 2.05) is 83.5 Å². The maximum Gasteiger partial charge on any atom is 0.257 e. The van der Waals surface area contributed by atoms with Crippen LogP contribution in [0.4, 0.5) is 0 Å². The van der Waals surface area contributed by atoms with Gasteiger partial charge in [-0.05, 0) is 55.5 Å². The highest BCUT2D eigenvalue weighted by Crippen LogP contribution is 2.24. The molecule has 0 spiro atoms. The van der Waals surface area contributed by atoms with Crippen LogP contribution in [0.3, 0.4) is 0 Å². The number of carbonyl (C=O) groups is 2. The zero-order valence-corrected chi connectivity index (χ0v) is 22.3. The van der Waals surface area contributed by atoms with Gasteiger partial charge in [0, 0.05) is 24.1 Å². The molecule has 0 saturated heterocycles. The van der Waals surface area contributed by atoms with Gasteiger partial charge in [0.25, 0.3) is 5.91 Å². The number of carbonyl (C=O) groups excluding carboxylic acids is 2. The number of ether oxygens (including phenoxy) is 1. The summed E-state index contributed by atoms with van der Waals surface area (Å²) in [6, 6.07) is 25.4. The Balaban J connectivity index is 1.66. The highest BCUT2D eigenvalue weighted by molar-refractivity contribution is 9.10. The molecule has 0 radical (unpaired) electrons. The van der Waals surface area contributed by atoms with Crippen LogP contribution in [0.1, 0.15) is 41.3 Å². The van der Waals surface area contributed by atoms with Crippen molar-refractivity contribution in [1.29, 1.82) is 0 Å². The molecule has 3 aromatic carbocycles. The van der Waals surface area contributed by atoms with Crippen molar-refractivity contribution in [1.82, 2.24) is 9.80 Å². The lowest BCUT2D eigenvalue weighted by molar-refractivity contribution is -0.133. The van der Waals surface area contributed by atoms with Crippen LogP contribution in [-0.2, 0) is 17.6 Å². The molecule has 0 bridgehead atoms. The van der Waals surface area contributed by atoms with E-state index in [0.717, 1.165) is 28.4 Å². The Bertz CT molecular complexity index is 1170. The molecule has 1 atom stereocenters. The van der Waals surface area contributed by atoms with Crippen LogP contribution < -0.4 is 4.74 Å². The molecule has 0 aliphatic carbocycles. The average Bonchev–Trinajstić information content (AvgIpc) is 2.90. The van der Waals surface area contributed by atoms with Crippen molar-refractivity contribution in [3.8, 4) is 5.75 Å². The first-order valence-corrected chi connectivity index (χ1v) is 13.4. The summed E-state index contributed by atoms with van der Waals surface area (Å²) in [4.78, 5) is 30.8. The van der Waals surface area contributed by atoms with Gasteiger partial charge < -0.3 is 14.5 Å². The number of benzene rings is 3. The average molecular weight is 550 g/mol. The van der Waals surface area contributed by atoms with Gasteiger partial charge in [-0.15, -0.1) is 0 Å². The minimum Gasteiger partial charge on any atom is -0.491 e. The molecule has 4 rings (SSSR count). The van der Waals surface area contributed by atoms with Gasteiger partial charge in [-0.25, -0.2) is 0 Å². The van der Waals surface area contributed by atoms with Gasteiger partial charge in [-0.3, -0.25) is 9.59 Å². The third-order valence-corrected chi connectivity index (χ3v) is 7.44. The summed E-state index contributed by atoms with van der Waals surface area (Å²) in [5.41, 5.74) is 2.70. The standard InChI is InChI=1S/C30H33BrN2O3/c1-2-32-18-10-11-19-33(29(34)21-24-14-6-8-16-27(24)31)25(20-23-12-4-3-5-13-23)22-36-28-17-9-7-15-26(28)30(32)35/h3-9,12-17,25H,2,10-11,18-22H2,1H3/t25-/m1/s1. The summed E-state index contributed by atoms with van der Waals surface area (Å²) in [5.74, 6) is 0.646. The monoisotopic (exact) mass is 548 g/mol. The van der Waals surface area contributed by atoms with Crippen molar-refractivity contribution in [3.05, 3.63) is 100 Å². The van der Waals surface area contributed by atoms with Crippen molar-refractivity contribution in [2.24, 2.45) is 0 Å². The quantitative estimate of drug-likeness (QED) is 0.406. The Morgan fingerprint density at radius 1 is 0.944 bits per heavy atom. The summed E-state index contributed by atoms with van der Waals surface area (Å²) in [6.07, 6.45) is 2.65. The maximum atomic E-state index is 13.7. The SMILES string of the molecule is CCN1CCCCN(C(=O)Cc2ccccc2Br)[C@H](Cc2ccccc2)COc2ccccc2C1=O. The van der Waals surface area contributed by atoms with Crippen molar-refractivity contribution in [2.45, 2.75) is 38.6 Å². The molecule has 6 heteroatoms. The largest absolute Gasteiger partial charge is 0.491 e. The first-order valence-electron chi connectivity index (χ1n) is 12.6. The van der Waals surface area contributed by atoms with E-state index in [1.165, 1.54) is 0 Å². The molecule has 1 aliphatic rings. The molecule has 188 valence electrons. The number of hydrogen-bond donors (Lipinski definition) is 0. The number of nitrogens with zero attached hydrogens (tertiary/aromatic N) is 2. The van der Waals surface area contributed by atoms with Gasteiger partial charge in [-0.1, -0.05) is 76.6 Å². The van der Waals surface area contributed by atoms with Crippen molar-refractivity contribution in [2.75, 3.05) is 26.2 Å². The molecule has 0 N–H and O–H groups in total. The molecular weight excluding hydrogens is 516 g/mol. The van der Waals surface area contributed by atoms with Gasteiger partial charge in [0.15, 0.2) is 0 Å². The third kappa shape index (κ3) is 6.55. The maximum absolute atomic E-state index is 13.7. The number of amides is 2. The molecule has 1 heterocycles. The predicted octanol–water partition coefficient (Wildman–Crippen LogP) is 5.77. The highest BCUT2D eigenvalue weighted by Gasteiger charge is 2.27. The van der Waals surface area contributed by atoms with Crippen LogP contribution >= 0.6 is 15.9 Å². The van der Waals surface area contributed by atoms with Crippen molar-refractivity contribution >= 4 is 27.7 Å². The normalized spacial score (nSPS) is 16.9. The van der Waals surface area contributed by atoms with Crippen LogP contribution in [0.2, 0.25) is 0 Å². The Hall–Kier alpha value is -3.12. The van der Waals surface area contributed by atoms with Crippen LogP contribution in [0.25, 0.3) is 0 Å². The smallest absolute Gasteiger partial charge is 0.257 e. The first-order chi connectivity index (χ1) is 17.6. The highest BCUT2D eigenvalue weighted by atomic mass is 79.9. The van der Waals surface area contributed by atoms with E-state index in [-0.39, 0.29) is 17.9 Å². The predicted molar refractivity (Wildman–Crippen MR) is 146 cm³/mol. The number of rotatable bonds is 5. The summed E-state index contributed by atoms with van der Waals surface area (Å²) in [7, 11) is 0. The molecule has 36 heavy (non-hydrogen) atoms. The zero-order valence-electron chi connectivity index (χ0n) is 20.7. The van der Waals surface area contributed by atoms with Crippen molar-refractivity contribution in [3.63, 3.8) is 0 Å². The van der Waals surface area contributed by atoms with Gasteiger partial charge >= 0.3 is 0 Å². The van der Waals surface area contributed by atoms with Crippen LogP contribution in [0.15, 0.2) is 83.3 Å². The van der Waals surface area contributed by atoms with Crippen molar-refractivity contribution < 1.29 is 14.3 Å². The van der Waals surface area contributed by atoms with Crippen LogP contribution in [0, 0.1) is 0 Å². The Morgan fingerprint density at radius 3 is 2.42 bits per heavy atom. The fraction of sp³-hybridized carbons (Fsp3) is 0.333. The summed E-state index contributed by atoms with van der Waals surface area (Å²) in [5, 5.41) is 0. The number of fused-ring (bicyclic) bond motifs is 1. The van der Waals surface area contributed by atoms with E-state index in [9.17, 15) is 9.59 Å². The Morgan fingerprint density at radius 2 is 1.64 bits per heavy atom. The zero-order chi connectivity index (χ0) is 25.3. The van der Waals surface area contributed by atoms with Crippen LogP contribution in [-0.4, -0.2) is 53.9 Å². The molecule has 0 saturated carbocycles. The van der Waals surface area contributed by atoms with Gasteiger partial charge in [-0.2, -0.15) is 0 Å². The van der Waals surface area contributed by atoms with E-state index in [4.69, 9.17) is 4.74 Å². The molecular formula is C30H33BrN2O3. The number of para-hydroxylation sites is 1. The summed E-state index contributed by atoms with van der Waals surface area (Å²) < 4.78 is 7.25. The third-order valence-electron chi connectivity index (χ3n) is 6.67. The van der Waals surface area contributed by atoms with E-state index in [2.05, 4.69) is 28.1 Å². The minimum absolute atomic E-state index is 0.00450. The lowest BCUT2D eigenvalue weighted by Gasteiger charge is -2.33. The molecule has 0 unspecified atom stereocenters. The Labute approximate surface area is 222 Å². The molecule has 1 aliphatic heterocycles. The van der Waals surface area contributed by atoms with Crippen LogP contribution in [0.5, 0.6) is 5.75 Å². The van der Waals surface area contributed by atoms with Gasteiger partial charge in [0.05, 0.1) is 18.0 Å². The van der Waals surface area contributed by atoms with E-state index in [0.29, 0.717) is 50.4 Å². The molecule has 0 fully saturated rings. The summed E-state index contributed by atoms with van der Waals surface area (Å²) in [6.45, 7) is 4.22. The topological polar surface area (TPSA) is 49.9 Å². The Kier molecular flexibility index (Phi) is 9.17. The molecule has 5 nitrogen and oxygen atoms in total. The molecule has 0 aromatic heterocycles. The second-order valence-corrected chi connectivity index (χ2v) is 9.95. The lowest BCUT2D eigenvalue weighted by Crippen LogP contribution is -2.47.